The first-order chi connectivity index (χ1) is 28.7. The van der Waals surface area contributed by atoms with Gasteiger partial charge in [0, 0.05) is 62.2 Å². The van der Waals surface area contributed by atoms with Crippen LogP contribution in [0.3, 0.4) is 0 Å². The zero-order valence-corrected chi connectivity index (χ0v) is 31.1. The molecule has 0 aliphatic carbocycles. The average molecular weight is 738 g/mol. The lowest BCUT2D eigenvalue weighted by molar-refractivity contribution is 1.35. The molecule has 5 heteroatoms. The second-order valence-electron chi connectivity index (χ2n) is 14.9. The number of aromatic nitrogens is 5. The van der Waals surface area contributed by atoms with E-state index in [1.54, 1.807) is 0 Å². The maximum Gasteiger partial charge on any atom is 0.0972 e. The molecule has 0 bridgehead atoms. The van der Waals surface area contributed by atoms with Crippen LogP contribution < -0.4 is 0 Å². The second kappa shape index (κ2) is 12.8. The van der Waals surface area contributed by atoms with Gasteiger partial charge in [0.15, 0.2) is 0 Å². The number of rotatable bonds is 4. The number of benzene rings is 7. The highest BCUT2D eigenvalue weighted by molar-refractivity contribution is 6.21. The van der Waals surface area contributed by atoms with Crippen molar-refractivity contribution >= 4 is 75.9 Å². The lowest BCUT2D eigenvalue weighted by Gasteiger charge is -2.17. The Kier molecular flexibility index (Phi) is 7.16. The molecule has 5 heterocycles. The van der Waals surface area contributed by atoms with Gasteiger partial charge in [0.2, 0.25) is 0 Å². The Morgan fingerprint density at radius 1 is 0.328 bits per heavy atom. The van der Waals surface area contributed by atoms with Gasteiger partial charge in [-0.1, -0.05) is 127 Å². The van der Waals surface area contributed by atoms with Crippen molar-refractivity contribution in [2.24, 2.45) is 0 Å². The maximum absolute atomic E-state index is 5.41. The Morgan fingerprint density at radius 2 is 0.862 bits per heavy atom. The molecule has 0 N–H and O–H groups in total. The third-order valence-electron chi connectivity index (χ3n) is 11.6. The van der Waals surface area contributed by atoms with Crippen molar-refractivity contribution < 1.29 is 0 Å². The Balaban J connectivity index is 0.999. The fourth-order valence-electron chi connectivity index (χ4n) is 8.76. The van der Waals surface area contributed by atoms with Crippen molar-refractivity contribution in [3.63, 3.8) is 0 Å². The normalized spacial score (nSPS) is 11.8. The van der Waals surface area contributed by atoms with Gasteiger partial charge in [0.05, 0.1) is 39.1 Å². The van der Waals surface area contributed by atoms with Crippen LogP contribution >= 0.6 is 0 Å². The maximum atomic E-state index is 5.41. The van der Waals surface area contributed by atoms with E-state index in [2.05, 4.69) is 163 Å². The zero-order valence-electron chi connectivity index (χ0n) is 31.1. The molecule has 0 saturated carbocycles. The summed E-state index contributed by atoms with van der Waals surface area (Å²) in [4.78, 5) is 25.0. The number of hydrogen-bond donors (Lipinski definition) is 0. The predicted octanol–water partition coefficient (Wildman–Crippen LogP) is 13.4. The summed E-state index contributed by atoms with van der Waals surface area (Å²) in [7, 11) is 0. The molecular weight excluding hydrogens is 707 g/mol. The molecular formula is C53H31N5. The lowest BCUT2D eigenvalue weighted by atomic mass is 9.88. The van der Waals surface area contributed by atoms with Gasteiger partial charge in [0.1, 0.15) is 0 Å². The van der Waals surface area contributed by atoms with Crippen LogP contribution in [-0.4, -0.2) is 24.9 Å². The van der Waals surface area contributed by atoms with Crippen LogP contribution in [0.1, 0.15) is 0 Å². The lowest BCUT2D eigenvalue weighted by Crippen LogP contribution is -1.95. The molecule has 0 aliphatic heterocycles. The first-order valence-electron chi connectivity index (χ1n) is 19.5. The van der Waals surface area contributed by atoms with Crippen molar-refractivity contribution in [1.29, 1.82) is 0 Å². The largest absolute Gasteiger partial charge is 0.264 e. The van der Waals surface area contributed by atoms with Crippen LogP contribution in [0.2, 0.25) is 0 Å². The molecule has 268 valence electrons. The molecule has 12 aromatic rings. The molecule has 0 radical (unpaired) electrons. The fourth-order valence-corrected chi connectivity index (χ4v) is 8.76. The van der Waals surface area contributed by atoms with E-state index in [4.69, 9.17) is 19.9 Å². The van der Waals surface area contributed by atoms with Crippen LogP contribution in [0.25, 0.3) is 121 Å². The van der Waals surface area contributed by atoms with Gasteiger partial charge >= 0.3 is 0 Å². The van der Waals surface area contributed by atoms with Crippen molar-refractivity contribution in [3.8, 4) is 44.9 Å². The molecule has 0 aliphatic rings. The molecule has 0 amide bonds. The van der Waals surface area contributed by atoms with Crippen molar-refractivity contribution in [3.05, 3.63) is 188 Å². The van der Waals surface area contributed by atoms with E-state index in [-0.39, 0.29) is 0 Å². The zero-order chi connectivity index (χ0) is 38.2. The van der Waals surface area contributed by atoms with Crippen LogP contribution in [0.5, 0.6) is 0 Å². The molecule has 0 spiro atoms. The summed E-state index contributed by atoms with van der Waals surface area (Å²) in [5, 5.41) is 11.1. The van der Waals surface area contributed by atoms with Gasteiger partial charge < -0.3 is 0 Å². The second-order valence-corrected chi connectivity index (χ2v) is 14.9. The van der Waals surface area contributed by atoms with Crippen LogP contribution in [0.15, 0.2) is 188 Å². The monoisotopic (exact) mass is 737 g/mol. The van der Waals surface area contributed by atoms with Crippen molar-refractivity contribution in [2.75, 3.05) is 0 Å². The molecule has 12 rings (SSSR count). The summed E-state index contributed by atoms with van der Waals surface area (Å²) in [5.74, 6) is 0. The first kappa shape index (κ1) is 32.4. The molecule has 0 atom stereocenters. The van der Waals surface area contributed by atoms with Gasteiger partial charge in [-0.05, 0) is 80.5 Å². The Morgan fingerprint density at radius 3 is 1.53 bits per heavy atom. The molecule has 5 nitrogen and oxygen atoms in total. The van der Waals surface area contributed by atoms with Gasteiger partial charge in [-0.3, -0.25) is 9.97 Å². The van der Waals surface area contributed by atoms with Gasteiger partial charge in [0.25, 0.3) is 0 Å². The molecule has 0 unspecified atom stereocenters. The number of pyridine rings is 5. The summed E-state index contributed by atoms with van der Waals surface area (Å²) in [6.07, 6.45) is 5.60. The number of hydrogen-bond acceptors (Lipinski definition) is 5. The van der Waals surface area contributed by atoms with E-state index in [9.17, 15) is 0 Å². The highest BCUT2D eigenvalue weighted by atomic mass is 14.8. The molecule has 0 saturated heterocycles. The van der Waals surface area contributed by atoms with Gasteiger partial charge in [-0.2, -0.15) is 0 Å². The smallest absolute Gasteiger partial charge is 0.0972 e. The molecule has 7 aromatic carbocycles. The van der Waals surface area contributed by atoms with E-state index in [1.807, 2.05) is 30.7 Å². The van der Waals surface area contributed by atoms with Crippen molar-refractivity contribution in [2.45, 2.75) is 0 Å². The highest BCUT2D eigenvalue weighted by Gasteiger charge is 2.19. The summed E-state index contributed by atoms with van der Waals surface area (Å²) < 4.78 is 0. The Hall–Kier alpha value is -7.89. The van der Waals surface area contributed by atoms with Crippen molar-refractivity contribution in [1.82, 2.24) is 24.9 Å². The number of fused-ring (bicyclic) bond motifs is 8. The molecule has 5 aromatic heterocycles. The van der Waals surface area contributed by atoms with Gasteiger partial charge in [-0.25, -0.2) is 15.0 Å². The molecule has 58 heavy (non-hydrogen) atoms. The quantitative estimate of drug-likeness (QED) is 0.133. The summed E-state index contributed by atoms with van der Waals surface area (Å²) >= 11 is 0. The summed E-state index contributed by atoms with van der Waals surface area (Å²) in [5.41, 5.74) is 12.0. The average Bonchev–Trinajstić information content (AvgIpc) is 3.29. The topological polar surface area (TPSA) is 64.5 Å². The Bertz CT molecular complexity index is 3590. The van der Waals surface area contributed by atoms with E-state index in [0.717, 1.165) is 121 Å². The third-order valence-corrected chi connectivity index (χ3v) is 11.6. The van der Waals surface area contributed by atoms with E-state index in [1.165, 1.54) is 0 Å². The minimum atomic E-state index is 0.907. The van der Waals surface area contributed by atoms with Crippen LogP contribution in [0, 0.1) is 0 Å². The SMILES string of the molecule is c1cc(-c2ccc3ccc(-c4ccc5ccc(-c6c7ccccc7c(-c7ccc8ccc9cccnc9c8n7)c7ccccc67)nc5c4)cc3n2)c2cnccc2c1. The minimum absolute atomic E-state index is 0.907. The highest BCUT2D eigenvalue weighted by Crippen LogP contribution is 2.43. The molecule has 0 fully saturated rings. The van der Waals surface area contributed by atoms with Crippen LogP contribution in [0.4, 0.5) is 0 Å². The van der Waals surface area contributed by atoms with E-state index in [0.29, 0.717) is 0 Å². The fraction of sp³-hybridized carbons (Fsp3) is 0. The van der Waals surface area contributed by atoms with E-state index >= 15 is 0 Å². The summed E-state index contributed by atoms with van der Waals surface area (Å²) in [6.45, 7) is 0. The third kappa shape index (κ3) is 5.14. The number of nitrogens with zero attached hydrogens (tertiary/aromatic N) is 5. The Labute approximate surface area is 333 Å². The van der Waals surface area contributed by atoms with E-state index < -0.39 is 0 Å². The summed E-state index contributed by atoms with van der Waals surface area (Å²) in [6, 6.07) is 60.0. The van der Waals surface area contributed by atoms with Crippen LogP contribution in [-0.2, 0) is 0 Å². The first-order valence-corrected chi connectivity index (χ1v) is 19.5. The van der Waals surface area contributed by atoms with Gasteiger partial charge in [-0.15, -0.1) is 0 Å². The minimum Gasteiger partial charge on any atom is -0.264 e. The standard InChI is InChI=1S/C53H31N5/c1-3-11-42-40(9-1)50(41-10-2-4-12-43(41)51(42)47-25-22-36-17-16-35-8-6-27-55-52(35)53(36)58-47)46-24-21-34-15-19-38(30-49(34)57-46)37-18-14-33-20-23-45(56-48(33)29-37)39-13-5-7-32-26-28-54-31-44(32)39/h1-31H. The predicted molar refractivity (Wildman–Crippen MR) is 240 cm³/mol.